The van der Waals surface area contributed by atoms with E-state index in [1.165, 1.54) is 11.0 Å². The number of aromatic nitrogens is 1. The Kier molecular flexibility index (Phi) is 5.13. The van der Waals surface area contributed by atoms with E-state index >= 15 is 0 Å². The lowest BCUT2D eigenvalue weighted by Gasteiger charge is -2.34. The minimum absolute atomic E-state index is 0.218. The van der Waals surface area contributed by atoms with Gasteiger partial charge in [-0.1, -0.05) is 13.0 Å². The van der Waals surface area contributed by atoms with E-state index in [0.717, 1.165) is 29.0 Å². The summed E-state index contributed by atoms with van der Waals surface area (Å²) in [6, 6.07) is 6.83. The van der Waals surface area contributed by atoms with Gasteiger partial charge in [0.15, 0.2) is 0 Å². The molecule has 1 amide bonds. The van der Waals surface area contributed by atoms with E-state index in [0.29, 0.717) is 18.8 Å². The monoisotopic (exact) mass is 377 g/mol. The molecule has 0 saturated heterocycles. The van der Waals surface area contributed by atoms with Gasteiger partial charge in [-0.2, -0.15) is 13.2 Å². The van der Waals surface area contributed by atoms with Crippen LogP contribution in [0.2, 0.25) is 0 Å². The summed E-state index contributed by atoms with van der Waals surface area (Å²) in [6.45, 7) is 6.73. The molecule has 144 valence electrons. The zero-order chi connectivity index (χ0) is 19.8. The number of rotatable bonds is 4. The molecule has 1 aromatic carbocycles. The van der Waals surface area contributed by atoms with Crippen LogP contribution in [0, 0.1) is 6.92 Å². The fourth-order valence-corrected chi connectivity index (χ4v) is 3.47. The van der Waals surface area contributed by atoms with Crippen LogP contribution in [0.3, 0.4) is 0 Å². The highest BCUT2D eigenvalue weighted by atomic mass is 19.4. The van der Waals surface area contributed by atoms with Crippen molar-refractivity contribution in [3.05, 3.63) is 52.7 Å². The number of anilines is 2. The number of nitrogens with zero attached hydrogens (tertiary/aromatic N) is 2. The van der Waals surface area contributed by atoms with Crippen molar-refractivity contribution in [1.82, 2.24) is 4.98 Å². The second-order valence-electron chi connectivity index (χ2n) is 6.65. The van der Waals surface area contributed by atoms with Crippen LogP contribution in [-0.2, 0) is 17.5 Å². The lowest BCUT2D eigenvalue weighted by atomic mass is 9.89. The molecule has 0 spiro atoms. The predicted molar refractivity (Wildman–Crippen MR) is 98.8 cm³/mol. The van der Waals surface area contributed by atoms with Gasteiger partial charge in [0, 0.05) is 12.2 Å². The standard InChI is InChI=1S/C20H22F3N3O/c1-4-15-18-16(12(3)9-17(25-18)24-5-2)11-26(19(15)27)14-8-6-7-13(10-14)20(21,22)23/h6-10,15H,4-5,11H2,1-3H3,(H,24,25). The van der Waals surface area contributed by atoms with Crippen LogP contribution < -0.4 is 10.2 Å². The van der Waals surface area contributed by atoms with Crippen LogP contribution in [0.25, 0.3) is 0 Å². The number of aryl methyl sites for hydroxylation is 1. The third kappa shape index (κ3) is 3.63. The van der Waals surface area contributed by atoms with Crippen molar-refractivity contribution in [2.75, 3.05) is 16.8 Å². The van der Waals surface area contributed by atoms with Gasteiger partial charge in [0.2, 0.25) is 5.91 Å². The molecule has 2 aromatic rings. The lowest BCUT2D eigenvalue weighted by molar-refractivity contribution is -0.137. The molecule has 3 rings (SSSR count). The van der Waals surface area contributed by atoms with Gasteiger partial charge < -0.3 is 10.2 Å². The third-order valence-electron chi connectivity index (χ3n) is 4.84. The van der Waals surface area contributed by atoms with E-state index in [1.807, 2.05) is 26.8 Å². The van der Waals surface area contributed by atoms with Crippen LogP contribution in [0.1, 0.15) is 48.6 Å². The van der Waals surface area contributed by atoms with Gasteiger partial charge >= 0.3 is 6.18 Å². The average Bonchev–Trinajstić information content (AvgIpc) is 2.61. The molecule has 1 aliphatic heterocycles. The van der Waals surface area contributed by atoms with Crippen LogP contribution in [-0.4, -0.2) is 17.4 Å². The molecule has 27 heavy (non-hydrogen) atoms. The van der Waals surface area contributed by atoms with Gasteiger partial charge in [0.05, 0.1) is 23.7 Å². The Morgan fingerprint density at radius 1 is 1.26 bits per heavy atom. The highest BCUT2D eigenvalue weighted by molar-refractivity contribution is 5.99. The summed E-state index contributed by atoms with van der Waals surface area (Å²) in [5.41, 5.74) is 2.10. The number of halogens is 3. The van der Waals surface area contributed by atoms with Gasteiger partial charge in [-0.15, -0.1) is 0 Å². The molecule has 0 bridgehead atoms. The zero-order valence-corrected chi connectivity index (χ0v) is 15.5. The van der Waals surface area contributed by atoms with E-state index in [2.05, 4.69) is 10.3 Å². The van der Waals surface area contributed by atoms with Crippen molar-refractivity contribution >= 4 is 17.4 Å². The van der Waals surface area contributed by atoms with Gasteiger partial charge in [-0.3, -0.25) is 4.79 Å². The summed E-state index contributed by atoms with van der Waals surface area (Å²) in [7, 11) is 0. The Labute approximate surface area is 156 Å². The molecule has 1 aliphatic rings. The molecule has 0 radical (unpaired) electrons. The Morgan fingerprint density at radius 3 is 2.63 bits per heavy atom. The molecule has 2 heterocycles. The van der Waals surface area contributed by atoms with Crippen LogP contribution in [0.5, 0.6) is 0 Å². The third-order valence-corrected chi connectivity index (χ3v) is 4.84. The number of carbonyl (C=O) groups excluding carboxylic acids is 1. The Bertz CT molecular complexity index is 864. The Morgan fingerprint density at radius 2 is 2.00 bits per heavy atom. The molecular weight excluding hydrogens is 355 g/mol. The molecule has 0 fully saturated rings. The van der Waals surface area contributed by atoms with Crippen molar-refractivity contribution in [3.8, 4) is 0 Å². The fourth-order valence-electron chi connectivity index (χ4n) is 3.47. The van der Waals surface area contributed by atoms with Crippen molar-refractivity contribution in [3.63, 3.8) is 0 Å². The lowest BCUT2D eigenvalue weighted by Crippen LogP contribution is -2.40. The molecule has 1 aromatic heterocycles. The molecule has 0 saturated carbocycles. The van der Waals surface area contributed by atoms with Crippen molar-refractivity contribution < 1.29 is 18.0 Å². The van der Waals surface area contributed by atoms with E-state index in [-0.39, 0.29) is 18.1 Å². The predicted octanol–water partition coefficient (Wildman–Crippen LogP) is 4.88. The number of carbonyl (C=O) groups is 1. The fraction of sp³-hybridized carbons (Fsp3) is 0.400. The maximum Gasteiger partial charge on any atom is 0.416 e. The summed E-state index contributed by atoms with van der Waals surface area (Å²) in [4.78, 5) is 19.1. The molecule has 4 nitrogen and oxygen atoms in total. The first-order chi connectivity index (χ1) is 12.8. The van der Waals surface area contributed by atoms with E-state index in [4.69, 9.17) is 0 Å². The first kappa shape index (κ1) is 19.2. The molecule has 7 heteroatoms. The van der Waals surface area contributed by atoms with Crippen molar-refractivity contribution in [2.24, 2.45) is 0 Å². The summed E-state index contributed by atoms with van der Waals surface area (Å²) in [5, 5.41) is 3.16. The van der Waals surface area contributed by atoms with E-state index in [1.54, 1.807) is 6.07 Å². The van der Waals surface area contributed by atoms with Gasteiger partial charge in [-0.05, 0) is 55.7 Å². The first-order valence-electron chi connectivity index (χ1n) is 8.99. The van der Waals surface area contributed by atoms with Crippen molar-refractivity contribution in [2.45, 2.75) is 45.8 Å². The zero-order valence-electron chi connectivity index (χ0n) is 15.5. The van der Waals surface area contributed by atoms with Gasteiger partial charge in [-0.25, -0.2) is 4.98 Å². The number of amides is 1. The van der Waals surface area contributed by atoms with E-state index < -0.39 is 17.7 Å². The quantitative estimate of drug-likeness (QED) is 0.826. The summed E-state index contributed by atoms with van der Waals surface area (Å²) in [5.74, 6) is 0.0259. The highest BCUT2D eigenvalue weighted by Crippen LogP contribution is 2.38. The molecule has 1 atom stereocenters. The van der Waals surface area contributed by atoms with Gasteiger partial charge in [0.25, 0.3) is 0 Å². The SMILES string of the molecule is CCNc1cc(C)c2c(n1)C(CC)C(=O)N(c1cccc(C(F)(F)F)c1)C2. The van der Waals surface area contributed by atoms with Crippen LogP contribution in [0.15, 0.2) is 30.3 Å². The summed E-state index contributed by atoms with van der Waals surface area (Å²) in [6.07, 6.45) is -3.92. The largest absolute Gasteiger partial charge is 0.416 e. The number of fused-ring (bicyclic) bond motifs is 1. The smallest absolute Gasteiger partial charge is 0.370 e. The second kappa shape index (κ2) is 7.21. The van der Waals surface area contributed by atoms with Crippen molar-refractivity contribution in [1.29, 1.82) is 0 Å². The number of hydrogen-bond acceptors (Lipinski definition) is 3. The average molecular weight is 377 g/mol. The minimum atomic E-state index is -4.45. The van der Waals surface area contributed by atoms with E-state index in [9.17, 15) is 18.0 Å². The number of pyridine rings is 1. The van der Waals surface area contributed by atoms with Crippen LogP contribution >= 0.6 is 0 Å². The topological polar surface area (TPSA) is 45.2 Å². The molecule has 1 unspecified atom stereocenters. The maximum atomic E-state index is 13.1. The molecule has 0 aliphatic carbocycles. The second-order valence-corrected chi connectivity index (χ2v) is 6.65. The first-order valence-corrected chi connectivity index (χ1v) is 8.99. The Hall–Kier alpha value is -2.57. The maximum absolute atomic E-state index is 13.1. The summed E-state index contributed by atoms with van der Waals surface area (Å²) >= 11 is 0. The number of nitrogens with one attached hydrogen (secondary N) is 1. The molecule has 1 N–H and O–H groups in total. The number of benzene rings is 1. The number of hydrogen-bond donors (Lipinski definition) is 1. The Balaban J connectivity index is 2.06. The summed E-state index contributed by atoms with van der Waals surface area (Å²) < 4.78 is 39.2. The van der Waals surface area contributed by atoms with Gasteiger partial charge in [0.1, 0.15) is 5.82 Å². The minimum Gasteiger partial charge on any atom is -0.370 e. The highest BCUT2D eigenvalue weighted by Gasteiger charge is 2.36. The molecular formula is C20H22F3N3O. The van der Waals surface area contributed by atoms with Crippen LogP contribution in [0.4, 0.5) is 24.7 Å². The normalized spacial score (nSPS) is 17.0. The number of alkyl halides is 3.